The van der Waals surface area contributed by atoms with Crippen molar-refractivity contribution in [1.29, 1.82) is 0 Å². The Hall–Kier alpha value is -2.35. The molecule has 3 rings (SSSR count). The molecule has 0 saturated heterocycles. The van der Waals surface area contributed by atoms with Gasteiger partial charge in [-0.15, -0.1) is 0 Å². The summed E-state index contributed by atoms with van der Waals surface area (Å²) in [5.41, 5.74) is 0. The molecule has 0 amide bonds. The molecule has 0 aliphatic heterocycles. The van der Waals surface area contributed by atoms with Gasteiger partial charge in [0.05, 0.1) is 0 Å². The maximum Gasteiger partial charge on any atom is 0.308 e. The van der Waals surface area contributed by atoms with Crippen LogP contribution in [0, 0.1) is 0 Å². The zero-order chi connectivity index (χ0) is 12.5. The lowest BCUT2D eigenvalue weighted by atomic mass is 10.0. The Morgan fingerprint density at radius 2 is 1.61 bits per heavy atom. The highest BCUT2D eigenvalue weighted by Gasteiger charge is 2.06. The minimum atomic E-state index is -0.296. The van der Waals surface area contributed by atoms with Gasteiger partial charge in [-0.25, -0.2) is 0 Å². The van der Waals surface area contributed by atoms with Gasteiger partial charge in [-0.2, -0.15) is 0 Å². The van der Waals surface area contributed by atoms with Gasteiger partial charge in [0.1, 0.15) is 5.75 Å². The summed E-state index contributed by atoms with van der Waals surface area (Å²) in [5, 5.41) is 4.42. The molecule has 0 aliphatic carbocycles. The molecule has 0 saturated carbocycles. The normalized spacial score (nSPS) is 10.7. The number of benzene rings is 3. The SMILES string of the molecule is CC(=O)Oc1cccc2c1ccc1ccccc12. The summed E-state index contributed by atoms with van der Waals surface area (Å²) in [5.74, 6) is 0.321. The van der Waals surface area contributed by atoms with Crippen LogP contribution in [0.2, 0.25) is 0 Å². The van der Waals surface area contributed by atoms with E-state index in [-0.39, 0.29) is 5.97 Å². The predicted molar refractivity (Wildman–Crippen MR) is 72.8 cm³/mol. The monoisotopic (exact) mass is 236 g/mol. The van der Waals surface area contributed by atoms with Crippen LogP contribution >= 0.6 is 0 Å². The standard InChI is InChI=1S/C16H12O2/c1-11(17)18-16-8-4-7-14-13-6-3-2-5-12(13)9-10-15(14)16/h2-10H,1H3. The molecule has 3 aromatic rings. The summed E-state index contributed by atoms with van der Waals surface area (Å²) in [4.78, 5) is 11.1. The molecule has 0 aromatic heterocycles. The van der Waals surface area contributed by atoms with Crippen molar-refractivity contribution in [3.8, 4) is 5.75 Å². The Labute approximate surface area is 105 Å². The molecule has 88 valence electrons. The van der Waals surface area contributed by atoms with Crippen molar-refractivity contribution >= 4 is 27.5 Å². The zero-order valence-corrected chi connectivity index (χ0v) is 10.0. The molecule has 0 N–H and O–H groups in total. The van der Waals surface area contributed by atoms with E-state index in [1.165, 1.54) is 17.7 Å². The van der Waals surface area contributed by atoms with Gasteiger partial charge in [0.25, 0.3) is 0 Å². The Balaban J connectivity index is 2.36. The van der Waals surface area contributed by atoms with Gasteiger partial charge in [-0.05, 0) is 28.3 Å². The maximum atomic E-state index is 11.1. The highest BCUT2D eigenvalue weighted by Crippen LogP contribution is 2.31. The van der Waals surface area contributed by atoms with Gasteiger partial charge in [0.15, 0.2) is 0 Å². The van der Waals surface area contributed by atoms with Crippen molar-refractivity contribution < 1.29 is 9.53 Å². The third kappa shape index (κ3) is 1.72. The molecule has 0 fully saturated rings. The lowest BCUT2D eigenvalue weighted by Gasteiger charge is -2.08. The van der Waals surface area contributed by atoms with Crippen molar-refractivity contribution in [2.24, 2.45) is 0 Å². The van der Waals surface area contributed by atoms with Crippen molar-refractivity contribution in [3.05, 3.63) is 54.6 Å². The third-order valence-corrected chi connectivity index (χ3v) is 3.00. The second kappa shape index (κ2) is 4.15. The average molecular weight is 236 g/mol. The van der Waals surface area contributed by atoms with Gasteiger partial charge >= 0.3 is 5.97 Å². The Kier molecular flexibility index (Phi) is 2.49. The smallest absolute Gasteiger partial charge is 0.308 e. The van der Waals surface area contributed by atoms with Crippen molar-refractivity contribution in [1.82, 2.24) is 0 Å². The summed E-state index contributed by atoms with van der Waals surface area (Å²) in [7, 11) is 0. The molecular formula is C16H12O2. The van der Waals surface area contributed by atoms with Gasteiger partial charge < -0.3 is 4.74 Å². The van der Waals surface area contributed by atoms with E-state index in [0.29, 0.717) is 5.75 Å². The van der Waals surface area contributed by atoms with E-state index in [2.05, 4.69) is 12.1 Å². The molecule has 0 radical (unpaired) electrons. The van der Waals surface area contributed by atoms with E-state index in [4.69, 9.17) is 4.74 Å². The molecule has 0 heterocycles. The van der Waals surface area contributed by atoms with Crippen LogP contribution in [-0.4, -0.2) is 5.97 Å². The highest BCUT2D eigenvalue weighted by molar-refractivity contribution is 6.09. The van der Waals surface area contributed by atoms with E-state index in [1.807, 2.05) is 42.5 Å². The van der Waals surface area contributed by atoms with Gasteiger partial charge in [0.2, 0.25) is 0 Å². The van der Waals surface area contributed by atoms with Crippen LogP contribution in [0.5, 0.6) is 5.75 Å². The first-order chi connectivity index (χ1) is 8.75. The van der Waals surface area contributed by atoms with E-state index >= 15 is 0 Å². The van der Waals surface area contributed by atoms with E-state index < -0.39 is 0 Å². The molecule has 0 unspecified atom stereocenters. The fourth-order valence-electron chi connectivity index (χ4n) is 2.26. The number of esters is 1. The first-order valence-corrected chi connectivity index (χ1v) is 5.84. The second-order valence-corrected chi connectivity index (χ2v) is 4.23. The molecule has 2 heteroatoms. The number of carbonyl (C=O) groups excluding carboxylic acids is 1. The van der Waals surface area contributed by atoms with Crippen LogP contribution in [0.4, 0.5) is 0 Å². The Bertz CT molecular complexity index is 744. The zero-order valence-electron chi connectivity index (χ0n) is 10.0. The highest BCUT2D eigenvalue weighted by atomic mass is 16.5. The maximum absolute atomic E-state index is 11.1. The minimum absolute atomic E-state index is 0.296. The van der Waals surface area contributed by atoms with Crippen molar-refractivity contribution in [3.63, 3.8) is 0 Å². The quantitative estimate of drug-likeness (QED) is 0.363. The van der Waals surface area contributed by atoms with Gasteiger partial charge in [-0.3, -0.25) is 4.79 Å². The lowest BCUT2D eigenvalue weighted by Crippen LogP contribution is -2.01. The molecule has 0 bridgehead atoms. The van der Waals surface area contributed by atoms with Crippen LogP contribution in [0.25, 0.3) is 21.5 Å². The minimum Gasteiger partial charge on any atom is -0.426 e. The summed E-state index contributed by atoms with van der Waals surface area (Å²) in [6, 6.07) is 18.0. The largest absolute Gasteiger partial charge is 0.426 e. The van der Waals surface area contributed by atoms with Gasteiger partial charge in [-0.1, -0.05) is 42.5 Å². The molecule has 2 nitrogen and oxygen atoms in total. The molecular weight excluding hydrogens is 224 g/mol. The number of hydrogen-bond donors (Lipinski definition) is 0. The van der Waals surface area contributed by atoms with E-state index in [9.17, 15) is 4.79 Å². The van der Waals surface area contributed by atoms with E-state index in [1.54, 1.807) is 0 Å². The fourth-order valence-corrected chi connectivity index (χ4v) is 2.26. The number of fused-ring (bicyclic) bond motifs is 3. The van der Waals surface area contributed by atoms with Crippen molar-refractivity contribution in [2.45, 2.75) is 6.92 Å². The van der Waals surface area contributed by atoms with Crippen LogP contribution < -0.4 is 4.74 Å². The van der Waals surface area contributed by atoms with Crippen LogP contribution in [0.1, 0.15) is 6.92 Å². The molecule has 18 heavy (non-hydrogen) atoms. The topological polar surface area (TPSA) is 26.3 Å². The average Bonchev–Trinajstić information content (AvgIpc) is 2.38. The van der Waals surface area contributed by atoms with Crippen LogP contribution in [-0.2, 0) is 4.79 Å². The number of hydrogen-bond acceptors (Lipinski definition) is 2. The fraction of sp³-hybridized carbons (Fsp3) is 0.0625. The summed E-state index contributed by atoms with van der Waals surface area (Å²) in [6.45, 7) is 1.42. The summed E-state index contributed by atoms with van der Waals surface area (Å²) in [6.07, 6.45) is 0. The van der Waals surface area contributed by atoms with Crippen LogP contribution in [0.3, 0.4) is 0 Å². The molecule has 0 spiro atoms. The number of rotatable bonds is 1. The first kappa shape index (κ1) is 10.8. The summed E-state index contributed by atoms with van der Waals surface area (Å²) < 4.78 is 5.24. The summed E-state index contributed by atoms with van der Waals surface area (Å²) >= 11 is 0. The number of ether oxygens (including phenoxy) is 1. The first-order valence-electron chi connectivity index (χ1n) is 5.84. The predicted octanol–water partition coefficient (Wildman–Crippen LogP) is 3.92. The second-order valence-electron chi connectivity index (χ2n) is 4.23. The number of carbonyl (C=O) groups is 1. The van der Waals surface area contributed by atoms with Crippen molar-refractivity contribution in [2.75, 3.05) is 0 Å². The molecule has 3 aromatic carbocycles. The van der Waals surface area contributed by atoms with Gasteiger partial charge in [0, 0.05) is 12.3 Å². The van der Waals surface area contributed by atoms with E-state index in [0.717, 1.165) is 10.8 Å². The lowest BCUT2D eigenvalue weighted by molar-refractivity contribution is -0.131. The third-order valence-electron chi connectivity index (χ3n) is 3.00. The molecule has 0 aliphatic rings. The van der Waals surface area contributed by atoms with Crippen LogP contribution in [0.15, 0.2) is 54.6 Å². The Morgan fingerprint density at radius 3 is 2.44 bits per heavy atom. The Morgan fingerprint density at radius 1 is 0.833 bits per heavy atom. The molecule has 0 atom stereocenters.